The number of ether oxygens (including phenoxy) is 3. The average molecular weight is 304 g/mol. The lowest BCUT2D eigenvalue weighted by Crippen LogP contribution is -2.15. The molecule has 0 fully saturated rings. The molecule has 7 heteroatoms. The Hall–Kier alpha value is -1.66. The third-order valence-corrected chi connectivity index (χ3v) is 3.26. The van der Waals surface area contributed by atoms with Gasteiger partial charge >= 0.3 is 5.97 Å². The summed E-state index contributed by atoms with van der Waals surface area (Å²) in [6.45, 7) is 0. The van der Waals surface area contributed by atoms with E-state index >= 15 is 0 Å². The Morgan fingerprint density at radius 2 is 1.90 bits per heavy atom. The molecule has 0 heterocycles. The van der Waals surface area contributed by atoms with E-state index in [0.29, 0.717) is 27.8 Å². The number of hydrogen-bond acceptors (Lipinski definition) is 5. The SMILES string of the molecule is COc1cc(OC)c(OC)c(C(N)CCC(=O)O)c1Cl. The van der Waals surface area contributed by atoms with Crippen LogP contribution in [-0.2, 0) is 4.79 Å². The Morgan fingerprint density at radius 1 is 1.30 bits per heavy atom. The molecular formula is C13H18ClNO5. The summed E-state index contributed by atoms with van der Waals surface area (Å²) < 4.78 is 15.7. The zero-order valence-corrected chi connectivity index (χ0v) is 12.4. The first-order valence-electron chi connectivity index (χ1n) is 5.91. The van der Waals surface area contributed by atoms with Crippen LogP contribution in [0.2, 0.25) is 5.02 Å². The van der Waals surface area contributed by atoms with E-state index < -0.39 is 12.0 Å². The van der Waals surface area contributed by atoms with Crippen molar-refractivity contribution in [1.29, 1.82) is 0 Å². The Balaban J connectivity index is 3.29. The number of carbonyl (C=O) groups is 1. The van der Waals surface area contributed by atoms with Crippen LogP contribution in [0.3, 0.4) is 0 Å². The van der Waals surface area contributed by atoms with Gasteiger partial charge < -0.3 is 25.1 Å². The molecule has 0 radical (unpaired) electrons. The molecule has 1 rings (SSSR count). The van der Waals surface area contributed by atoms with Crippen molar-refractivity contribution in [2.45, 2.75) is 18.9 Å². The lowest BCUT2D eigenvalue weighted by atomic mass is 10.0. The second kappa shape index (κ2) is 7.21. The van der Waals surface area contributed by atoms with Crippen molar-refractivity contribution < 1.29 is 24.1 Å². The van der Waals surface area contributed by atoms with Crippen LogP contribution in [0.1, 0.15) is 24.4 Å². The molecule has 6 nitrogen and oxygen atoms in total. The van der Waals surface area contributed by atoms with Crippen molar-refractivity contribution in [3.63, 3.8) is 0 Å². The minimum Gasteiger partial charge on any atom is -0.495 e. The number of carboxylic acids is 1. The van der Waals surface area contributed by atoms with Crippen LogP contribution >= 0.6 is 11.6 Å². The number of aliphatic carboxylic acids is 1. The summed E-state index contributed by atoms with van der Waals surface area (Å²) in [5.41, 5.74) is 6.51. The summed E-state index contributed by atoms with van der Waals surface area (Å²) in [6.07, 6.45) is 0.155. The standard InChI is InChI=1S/C13H18ClNO5/c1-18-8-6-9(19-2)13(20-3)11(12(8)14)7(15)4-5-10(16)17/h6-7H,4-5,15H2,1-3H3,(H,16,17). The lowest BCUT2D eigenvalue weighted by molar-refractivity contribution is -0.137. The van der Waals surface area contributed by atoms with Gasteiger partial charge in [0.25, 0.3) is 0 Å². The number of carboxylic acid groups (broad SMARTS) is 1. The maximum atomic E-state index is 10.7. The van der Waals surface area contributed by atoms with E-state index in [1.54, 1.807) is 6.07 Å². The molecule has 0 spiro atoms. The number of benzene rings is 1. The highest BCUT2D eigenvalue weighted by Crippen LogP contribution is 2.45. The summed E-state index contributed by atoms with van der Waals surface area (Å²) in [6, 6.07) is 0.992. The number of nitrogens with two attached hydrogens (primary N) is 1. The van der Waals surface area contributed by atoms with Crippen LogP contribution in [0, 0.1) is 0 Å². The van der Waals surface area contributed by atoms with Gasteiger partial charge in [-0.2, -0.15) is 0 Å². The fraction of sp³-hybridized carbons (Fsp3) is 0.462. The predicted octanol–water partition coefficient (Wildman–Crippen LogP) is 2.23. The Morgan fingerprint density at radius 3 is 2.35 bits per heavy atom. The Labute approximate surface area is 122 Å². The average Bonchev–Trinajstić information content (AvgIpc) is 2.43. The highest BCUT2D eigenvalue weighted by molar-refractivity contribution is 6.33. The van der Waals surface area contributed by atoms with Gasteiger partial charge in [-0.15, -0.1) is 0 Å². The van der Waals surface area contributed by atoms with Crippen molar-refractivity contribution in [3.05, 3.63) is 16.7 Å². The summed E-state index contributed by atoms with van der Waals surface area (Å²) in [5.74, 6) is 0.279. The smallest absolute Gasteiger partial charge is 0.303 e. The van der Waals surface area contributed by atoms with Crippen LogP contribution in [0.5, 0.6) is 17.2 Å². The molecule has 1 aromatic rings. The van der Waals surface area contributed by atoms with E-state index in [-0.39, 0.29) is 12.8 Å². The summed E-state index contributed by atoms with van der Waals surface area (Å²) >= 11 is 6.24. The molecule has 20 heavy (non-hydrogen) atoms. The molecule has 0 saturated carbocycles. The minimum absolute atomic E-state index is 0.0693. The van der Waals surface area contributed by atoms with Gasteiger partial charge in [0.2, 0.25) is 0 Å². The van der Waals surface area contributed by atoms with Crippen molar-refractivity contribution in [1.82, 2.24) is 0 Å². The normalized spacial score (nSPS) is 11.8. The third kappa shape index (κ3) is 3.46. The van der Waals surface area contributed by atoms with Gasteiger partial charge in [-0.05, 0) is 6.42 Å². The predicted molar refractivity (Wildman–Crippen MR) is 74.9 cm³/mol. The van der Waals surface area contributed by atoms with E-state index in [0.717, 1.165) is 0 Å². The maximum Gasteiger partial charge on any atom is 0.303 e. The number of hydrogen-bond donors (Lipinski definition) is 2. The molecule has 0 aliphatic rings. The fourth-order valence-corrected chi connectivity index (χ4v) is 2.24. The topological polar surface area (TPSA) is 91.0 Å². The van der Waals surface area contributed by atoms with Crippen molar-refractivity contribution in [2.24, 2.45) is 5.73 Å². The number of rotatable bonds is 7. The molecule has 0 bridgehead atoms. The first-order valence-corrected chi connectivity index (χ1v) is 6.29. The summed E-state index contributed by atoms with van der Waals surface area (Å²) in [4.78, 5) is 10.7. The highest BCUT2D eigenvalue weighted by atomic mass is 35.5. The molecule has 112 valence electrons. The van der Waals surface area contributed by atoms with Gasteiger partial charge in [0.05, 0.1) is 26.4 Å². The monoisotopic (exact) mass is 303 g/mol. The van der Waals surface area contributed by atoms with Gasteiger partial charge in [-0.1, -0.05) is 11.6 Å². The first kappa shape index (κ1) is 16.4. The van der Waals surface area contributed by atoms with Crippen molar-refractivity contribution >= 4 is 17.6 Å². The molecule has 0 saturated heterocycles. The fourth-order valence-electron chi connectivity index (χ4n) is 1.88. The Kier molecular flexibility index (Phi) is 5.91. The second-order valence-corrected chi connectivity index (χ2v) is 4.46. The van der Waals surface area contributed by atoms with Gasteiger partial charge in [-0.3, -0.25) is 4.79 Å². The molecule has 1 atom stereocenters. The van der Waals surface area contributed by atoms with Crippen LogP contribution in [0.4, 0.5) is 0 Å². The Bertz CT molecular complexity index is 492. The van der Waals surface area contributed by atoms with E-state index in [4.69, 9.17) is 36.7 Å². The minimum atomic E-state index is -0.926. The van der Waals surface area contributed by atoms with Crippen LogP contribution in [0.15, 0.2) is 6.07 Å². The third-order valence-electron chi connectivity index (χ3n) is 2.87. The number of methoxy groups -OCH3 is 3. The van der Waals surface area contributed by atoms with E-state index in [2.05, 4.69) is 0 Å². The summed E-state index contributed by atoms with van der Waals surface area (Å²) in [5, 5.41) is 9.03. The van der Waals surface area contributed by atoms with Gasteiger partial charge in [0, 0.05) is 24.1 Å². The van der Waals surface area contributed by atoms with Crippen molar-refractivity contribution in [2.75, 3.05) is 21.3 Å². The van der Waals surface area contributed by atoms with E-state index in [9.17, 15) is 4.79 Å². The zero-order chi connectivity index (χ0) is 15.3. The molecule has 0 amide bonds. The van der Waals surface area contributed by atoms with Crippen molar-refractivity contribution in [3.8, 4) is 17.2 Å². The number of halogens is 1. The van der Waals surface area contributed by atoms with E-state index in [1.165, 1.54) is 21.3 Å². The largest absolute Gasteiger partial charge is 0.495 e. The molecule has 1 unspecified atom stereocenters. The highest BCUT2D eigenvalue weighted by Gasteiger charge is 2.24. The zero-order valence-electron chi connectivity index (χ0n) is 11.6. The molecule has 0 aliphatic heterocycles. The first-order chi connectivity index (χ1) is 9.46. The molecule has 3 N–H and O–H groups in total. The van der Waals surface area contributed by atoms with Crippen LogP contribution in [0.25, 0.3) is 0 Å². The lowest BCUT2D eigenvalue weighted by Gasteiger charge is -2.20. The van der Waals surface area contributed by atoms with E-state index in [1.807, 2.05) is 0 Å². The molecule has 0 aromatic heterocycles. The second-order valence-electron chi connectivity index (χ2n) is 4.08. The van der Waals surface area contributed by atoms with Crippen LogP contribution in [-0.4, -0.2) is 32.4 Å². The van der Waals surface area contributed by atoms with Crippen LogP contribution < -0.4 is 19.9 Å². The molecule has 0 aliphatic carbocycles. The van der Waals surface area contributed by atoms with Gasteiger partial charge in [0.1, 0.15) is 5.75 Å². The maximum absolute atomic E-state index is 10.7. The quantitative estimate of drug-likeness (QED) is 0.802. The van der Waals surface area contributed by atoms with Gasteiger partial charge in [0.15, 0.2) is 11.5 Å². The molecular weight excluding hydrogens is 286 g/mol. The van der Waals surface area contributed by atoms with Gasteiger partial charge in [-0.25, -0.2) is 0 Å². The summed E-state index contributed by atoms with van der Waals surface area (Å²) in [7, 11) is 4.42. The molecule has 1 aromatic carbocycles.